The zero-order valence-corrected chi connectivity index (χ0v) is 16.1. The molecule has 3 rings (SSSR count). The van der Waals surface area contributed by atoms with Crippen molar-refractivity contribution in [2.75, 3.05) is 18.1 Å². The van der Waals surface area contributed by atoms with E-state index in [1.54, 1.807) is 23.1 Å². The Bertz CT molecular complexity index is 894. The van der Waals surface area contributed by atoms with Gasteiger partial charge in [0, 0.05) is 17.8 Å². The smallest absolute Gasteiger partial charge is 0.328 e. The number of amides is 2. The summed E-state index contributed by atoms with van der Waals surface area (Å²) in [5, 5.41) is 2.60. The molecule has 2 aromatic carbocycles. The van der Waals surface area contributed by atoms with Crippen molar-refractivity contribution >= 4 is 23.5 Å². The summed E-state index contributed by atoms with van der Waals surface area (Å²) in [5.41, 5.74) is 3.42. The van der Waals surface area contributed by atoms with Crippen molar-refractivity contribution in [2.24, 2.45) is 0 Å². The van der Waals surface area contributed by atoms with E-state index < -0.39 is 12.0 Å². The molecule has 1 aliphatic rings. The van der Waals surface area contributed by atoms with E-state index in [-0.39, 0.29) is 18.4 Å². The molecule has 0 aromatic heterocycles. The molecule has 0 bridgehead atoms. The van der Waals surface area contributed by atoms with E-state index in [1.807, 2.05) is 37.3 Å². The average molecular weight is 380 g/mol. The van der Waals surface area contributed by atoms with E-state index in [2.05, 4.69) is 5.32 Å². The fourth-order valence-corrected chi connectivity index (χ4v) is 3.25. The molecule has 1 atom stereocenters. The number of ether oxygens (including phenoxy) is 1. The zero-order chi connectivity index (χ0) is 20.1. The van der Waals surface area contributed by atoms with Gasteiger partial charge in [0.1, 0.15) is 6.04 Å². The Morgan fingerprint density at radius 3 is 2.71 bits per heavy atom. The number of para-hydroxylation sites is 1. The van der Waals surface area contributed by atoms with Crippen molar-refractivity contribution in [2.45, 2.75) is 32.7 Å². The molecule has 6 nitrogen and oxygen atoms in total. The summed E-state index contributed by atoms with van der Waals surface area (Å²) in [5.74, 6) is -1.26. The normalized spacial score (nSPS) is 14.0. The van der Waals surface area contributed by atoms with Gasteiger partial charge in [-0.15, -0.1) is 0 Å². The van der Waals surface area contributed by atoms with Crippen LogP contribution in [0.25, 0.3) is 0 Å². The molecule has 0 saturated heterocycles. The molecule has 2 amide bonds. The first kappa shape index (κ1) is 19.6. The molecule has 146 valence electrons. The summed E-state index contributed by atoms with van der Waals surface area (Å²) in [6.07, 6.45) is 1.81. The maximum Gasteiger partial charge on any atom is 0.328 e. The highest BCUT2D eigenvalue weighted by atomic mass is 16.5. The summed E-state index contributed by atoms with van der Waals surface area (Å²) in [6.45, 7) is 3.68. The Morgan fingerprint density at radius 2 is 1.93 bits per heavy atom. The monoisotopic (exact) mass is 380 g/mol. The zero-order valence-electron chi connectivity index (χ0n) is 16.1. The predicted molar refractivity (Wildman–Crippen MR) is 106 cm³/mol. The lowest BCUT2D eigenvalue weighted by Gasteiger charge is -2.29. The van der Waals surface area contributed by atoms with Crippen LogP contribution in [0.4, 0.5) is 5.69 Å². The molecule has 0 aliphatic carbocycles. The average Bonchev–Trinajstić information content (AvgIpc) is 2.71. The number of hydrogen-bond acceptors (Lipinski definition) is 4. The molecule has 0 radical (unpaired) electrons. The van der Waals surface area contributed by atoms with Crippen LogP contribution < -0.4 is 10.2 Å². The van der Waals surface area contributed by atoms with Crippen molar-refractivity contribution in [3.63, 3.8) is 0 Å². The van der Waals surface area contributed by atoms with Gasteiger partial charge in [0.15, 0.2) is 6.61 Å². The second kappa shape index (κ2) is 8.69. The lowest BCUT2D eigenvalue weighted by Crippen LogP contribution is -2.42. The van der Waals surface area contributed by atoms with Crippen LogP contribution in [0.1, 0.15) is 34.8 Å². The quantitative estimate of drug-likeness (QED) is 0.809. The minimum Gasteiger partial charge on any atom is -0.454 e. The lowest BCUT2D eigenvalue weighted by molar-refractivity contribution is -0.149. The van der Waals surface area contributed by atoms with Crippen LogP contribution >= 0.6 is 0 Å². The van der Waals surface area contributed by atoms with Gasteiger partial charge in [-0.1, -0.05) is 35.9 Å². The molecule has 0 saturated carbocycles. The highest BCUT2D eigenvalue weighted by molar-refractivity contribution is 5.98. The number of hydrogen-bond donors (Lipinski definition) is 1. The predicted octanol–water partition coefficient (Wildman–Crippen LogP) is 2.64. The van der Waals surface area contributed by atoms with Crippen LogP contribution in [-0.2, 0) is 20.7 Å². The molecule has 28 heavy (non-hydrogen) atoms. The summed E-state index contributed by atoms with van der Waals surface area (Å²) in [6, 6.07) is 14.0. The van der Waals surface area contributed by atoms with Gasteiger partial charge in [-0.05, 0) is 50.5 Å². The van der Waals surface area contributed by atoms with Crippen LogP contribution in [0.5, 0.6) is 0 Å². The molecular weight excluding hydrogens is 356 g/mol. The van der Waals surface area contributed by atoms with Crippen molar-refractivity contribution in [3.05, 3.63) is 65.2 Å². The first-order valence-corrected chi connectivity index (χ1v) is 9.38. The van der Waals surface area contributed by atoms with Gasteiger partial charge >= 0.3 is 5.97 Å². The lowest BCUT2D eigenvalue weighted by atomic mass is 10.0. The second-order valence-corrected chi connectivity index (χ2v) is 6.95. The van der Waals surface area contributed by atoms with Crippen LogP contribution in [0.15, 0.2) is 48.5 Å². The first-order chi connectivity index (χ1) is 13.5. The van der Waals surface area contributed by atoms with Gasteiger partial charge in [0.2, 0.25) is 0 Å². The molecular formula is C22H24N2O4. The standard InChI is InChI=1S/C22H24N2O4/c1-15-7-5-9-18(13-15)21(26)23-16(2)22(27)28-14-20(25)24-12-6-10-17-8-3-4-11-19(17)24/h3-5,7-9,11,13,16H,6,10,12,14H2,1-2H3,(H,23,26)/t16-/m0/s1. The topological polar surface area (TPSA) is 75.7 Å². The summed E-state index contributed by atoms with van der Waals surface area (Å²) >= 11 is 0. The number of aryl methyl sites for hydroxylation is 2. The van der Waals surface area contributed by atoms with Gasteiger partial charge in [0.05, 0.1) is 0 Å². The van der Waals surface area contributed by atoms with Gasteiger partial charge < -0.3 is 15.0 Å². The number of fused-ring (bicyclic) bond motifs is 1. The third-order valence-corrected chi connectivity index (χ3v) is 4.73. The number of nitrogens with one attached hydrogen (secondary N) is 1. The maximum atomic E-state index is 12.5. The van der Waals surface area contributed by atoms with E-state index >= 15 is 0 Å². The van der Waals surface area contributed by atoms with E-state index in [4.69, 9.17) is 4.74 Å². The number of nitrogens with zero attached hydrogens (tertiary/aromatic N) is 1. The Kier molecular flexibility index (Phi) is 6.09. The maximum absolute atomic E-state index is 12.5. The van der Waals surface area contributed by atoms with Crippen molar-refractivity contribution < 1.29 is 19.1 Å². The molecule has 0 fully saturated rings. The second-order valence-electron chi connectivity index (χ2n) is 6.95. The number of carbonyl (C=O) groups excluding carboxylic acids is 3. The third kappa shape index (κ3) is 4.57. The Morgan fingerprint density at radius 1 is 1.14 bits per heavy atom. The SMILES string of the molecule is Cc1cccc(C(=O)N[C@@H](C)C(=O)OCC(=O)N2CCCc3ccccc32)c1. The van der Waals surface area contributed by atoms with Crippen molar-refractivity contribution in [1.82, 2.24) is 5.32 Å². The highest BCUT2D eigenvalue weighted by Crippen LogP contribution is 2.26. The minimum atomic E-state index is -0.852. The van der Waals surface area contributed by atoms with Gasteiger partial charge in [-0.25, -0.2) is 4.79 Å². The van der Waals surface area contributed by atoms with Crippen LogP contribution in [0.3, 0.4) is 0 Å². The van der Waals surface area contributed by atoms with E-state index in [0.717, 1.165) is 29.7 Å². The highest BCUT2D eigenvalue weighted by Gasteiger charge is 2.24. The number of rotatable bonds is 5. The summed E-state index contributed by atoms with van der Waals surface area (Å²) < 4.78 is 5.15. The summed E-state index contributed by atoms with van der Waals surface area (Å²) in [4.78, 5) is 38.6. The molecule has 1 heterocycles. The molecule has 1 N–H and O–H groups in total. The molecule has 0 spiro atoms. The fraction of sp³-hybridized carbons (Fsp3) is 0.318. The number of benzene rings is 2. The summed E-state index contributed by atoms with van der Waals surface area (Å²) in [7, 11) is 0. The van der Waals surface area contributed by atoms with Crippen LogP contribution in [0, 0.1) is 6.92 Å². The molecule has 6 heteroatoms. The molecule has 0 unspecified atom stereocenters. The van der Waals surface area contributed by atoms with Gasteiger partial charge in [-0.2, -0.15) is 0 Å². The Labute approximate surface area is 164 Å². The Balaban J connectivity index is 1.54. The van der Waals surface area contributed by atoms with Gasteiger partial charge in [0.25, 0.3) is 11.8 Å². The molecule has 2 aromatic rings. The van der Waals surface area contributed by atoms with Gasteiger partial charge in [-0.3, -0.25) is 9.59 Å². The first-order valence-electron chi connectivity index (χ1n) is 9.38. The van der Waals surface area contributed by atoms with Crippen molar-refractivity contribution in [3.8, 4) is 0 Å². The van der Waals surface area contributed by atoms with Crippen LogP contribution in [0.2, 0.25) is 0 Å². The van der Waals surface area contributed by atoms with Crippen LogP contribution in [-0.4, -0.2) is 37.0 Å². The number of carbonyl (C=O) groups is 3. The third-order valence-electron chi connectivity index (χ3n) is 4.73. The van der Waals surface area contributed by atoms with Crippen molar-refractivity contribution in [1.29, 1.82) is 0 Å². The van der Waals surface area contributed by atoms with E-state index in [9.17, 15) is 14.4 Å². The number of anilines is 1. The number of esters is 1. The fourth-order valence-electron chi connectivity index (χ4n) is 3.25. The Hall–Kier alpha value is -3.15. The minimum absolute atomic E-state index is 0.266. The largest absolute Gasteiger partial charge is 0.454 e. The van der Waals surface area contributed by atoms with E-state index in [0.29, 0.717) is 12.1 Å². The van der Waals surface area contributed by atoms with E-state index in [1.165, 1.54) is 6.92 Å². The molecule has 1 aliphatic heterocycles.